The Balaban J connectivity index is 1.75. The molecule has 0 amide bonds. The molecule has 2 unspecified atom stereocenters. The molecule has 0 heterocycles. The SMILES string of the molecule is COC(=O)CCCC1=C[C@@H]2CC(O)C(C=CCCCCCCO)[C@H]2CC1. The zero-order chi connectivity index (χ0) is 18.8. The molecule has 0 aliphatic heterocycles. The quantitative estimate of drug-likeness (QED) is 0.328. The van der Waals surface area contributed by atoms with Crippen molar-refractivity contribution in [2.24, 2.45) is 17.8 Å². The minimum absolute atomic E-state index is 0.128. The Morgan fingerprint density at radius 1 is 1.27 bits per heavy atom. The van der Waals surface area contributed by atoms with Gasteiger partial charge in [-0.3, -0.25) is 4.79 Å². The fraction of sp³-hybridized carbons (Fsp3) is 0.773. The second kappa shape index (κ2) is 11.6. The van der Waals surface area contributed by atoms with Crippen molar-refractivity contribution >= 4 is 5.97 Å². The van der Waals surface area contributed by atoms with Gasteiger partial charge in [0.2, 0.25) is 0 Å². The minimum atomic E-state index is -0.221. The summed E-state index contributed by atoms with van der Waals surface area (Å²) in [5, 5.41) is 19.3. The number of hydrogen-bond donors (Lipinski definition) is 2. The number of carbonyl (C=O) groups excluding carboxylic acids is 1. The van der Waals surface area contributed by atoms with Crippen molar-refractivity contribution in [3.05, 3.63) is 23.8 Å². The van der Waals surface area contributed by atoms with E-state index < -0.39 is 0 Å². The highest BCUT2D eigenvalue weighted by Gasteiger charge is 2.41. The Labute approximate surface area is 158 Å². The third-order valence-electron chi connectivity index (χ3n) is 5.99. The molecule has 4 nitrogen and oxygen atoms in total. The number of aliphatic hydroxyl groups is 2. The van der Waals surface area contributed by atoms with E-state index in [-0.39, 0.29) is 12.1 Å². The van der Waals surface area contributed by atoms with Crippen molar-refractivity contribution in [3.63, 3.8) is 0 Å². The van der Waals surface area contributed by atoms with Crippen molar-refractivity contribution < 1.29 is 19.7 Å². The smallest absolute Gasteiger partial charge is 0.305 e. The van der Waals surface area contributed by atoms with Crippen molar-refractivity contribution in [2.75, 3.05) is 13.7 Å². The highest BCUT2D eigenvalue weighted by molar-refractivity contribution is 5.69. The third kappa shape index (κ3) is 6.55. The van der Waals surface area contributed by atoms with Crippen LogP contribution in [0, 0.1) is 17.8 Å². The van der Waals surface area contributed by atoms with Crippen LogP contribution >= 0.6 is 0 Å². The molecular formula is C22H36O4. The number of methoxy groups -OCH3 is 1. The van der Waals surface area contributed by atoms with Crippen molar-refractivity contribution in [1.29, 1.82) is 0 Å². The van der Waals surface area contributed by atoms with E-state index in [1.807, 2.05) is 0 Å². The molecule has 0 aromatic heterocycles. The Morgan fingerprint density at radius 3 is 2.85 bits per heavy atom. The summed E-state index contributed by atoms with van der Waals surface area (Å²) >= 11 is 0. The van der Waals surface area contributed by atoms with Gasteiger partial charge in [0.05, 0.1) is 13.2 Å². The largest absolute Gasteiger partial charge is 0.469 e. The van der Waals surface area contributed by atoms with Crippen LogP contribution in [0.4, 0.5) is 0 Å². The van der Waals surface area contributed by atoms with E-state index in [9.17, 15) is 9.90 Å². The highest BCUT2D eigenvalue weighted by atomic mass is 16.5. The van der Waals surface area contributed by atoms with Gasteiger partial charge in [-0.15, -0.1) is 0 Å². The minimum Gasteiger partial charge on any atom is -0.469 e. The van der Waals surface area contributed by atoms with E-state index in [1.165, 1.54) is 19.1 Å². The van der Waals surface area contributed by atoms with Crippen LogP contribution in [0.2, 0.25) is 0 Å². The van der Waals surface area contributed by atoms with Gasteiger partial charge in [0.25, 0.3) is 0 Å². The monoisotopic (exact) mass is 364 g/mol. The van der Waals surface area contributed by atoms with E-state index in [0.717, 1.165) is 57.8 Å². The Morgan fingerprint density at radius 2 is 2.08 bits per heavy atom. The molecule has 148 valence electrons. The first-order valence-corrected chi connectivity index (χ1v) is 10.4. The van der Waals surface area contributed by atoms with Crippen LogP contribution in [0.3, 0.4) is 0 Å². The van der Waals surface area contributed by atoms with Gasteiger partial charge in [0.1, 0.15) is 0 Å². The molecule has 0 bridgehead atoms. The van der Waals surface area contributed by atoms with E-state index in [4.69, 9.17) is 9.84 Å². The predicted molar refractivity (Wildman–Crippen MR) is 104 cm³/mol. The maximum atomic E-state index is 11.2. The van der Waals surface area contributed by atoms with E-state index in [1.54, 1.807) is 0 Å². The summed E-state index contributed by atoms with van der Waals surface area (Å²) in [6.45, 7) is 0.297. The summed E-state index contributed by atoms with van der Waals surface area (Å²) < 4.78 is 4.70. The molecule has 1 saturated carbocycles. The zero-order valence-corrected chi connectivity index (χ0v) is 16.2. The number of hydrogen-bond acceptors (Lipinski definition) is 4. The van der Waals surface area contributed by atoms with Crippen LogP contribution in [0.25, 0.3) is 0 Å². The fourth-order valence-corrected chi connectivity index (χ4v) is 4.54. The molecule has 0 radical (unpaired) electrons. The van der Waals surface area contributed by atoms with Gasteiger partial charge in [-0.05, 0) is 63.2 Å². The second-order valence-electron chi connectivity index (χ2n) is 7.86. The van der Waals surface area contributed by atoms with Gasteiger partial charge < -0.3 is 14.9 Å². The standard InChI is InChI=1S/C22H36O4/c1-26-22(25)11-8-9-17-12-13-19-18(15-17)16-21(24)20(19)10-6-4-2-3-5-7-14-23/h6,10,15,18-21,23-24H,2-5,7-9,11-14,16H2,1H3/t18-,19+,20?,21?/m1/s1. The van der Waals surface area contributed by atoms with Gasteiger partial charge >= 0.3 is 5.97 Å². The van der Waals surface area contributed by atoms with Crippen LogP contribution in [0.5, 0.6) is 0 Å². The average molecular weight is 365 g/mol. The van der Waals surface area contributed by atoms with Gasteiger partial charge in [-0.1, -0.05) is 36.6 Å². The number of fused-ring (bicyclic) bond motifs is 1. The Bertz CT molecular complexity index is 483. The van der Waals surface area contributed by atoms with Crippen molar-refractivity contribution in [3.8, 4) is 0 Å². The molecule has 2 aliphatic carbocycles. The predicted octanol–water partition coefficient (Wildman–Crippen LogP) is 4.16. The number of esters is 1. The molecule has 2 aliphatic rings. The topological polar surface area (TPSA) is 66.8 Å². The molecule has 2 rings (SSSR count). The summed E-state index contributed by atoms with van der Waals surface area (Å²) in [6.07, 6.45) is 17.5. The molecule has 1 fully saturated rings. The maximum absolute atomic E-state index is 11.2. The van der Waals surface area contributed by atoms with Gasteiger partial charge in [-0.2, -0.15) is 0 Å². The van der Waals surface area contributed by atoms with Gasteiger partial charge in [0.15, 0.2) is 0 Å². The number of carbonyl (C=O) groups is 1. The van der Waals surface area contributed by atoms with E-state index in [2.05, 4.69) is 18.2 Å². The Kier molecular flexibility index (Phi) is 9.41. The molecule has 4 heteroatoms. The molecule has 4 atom stereocenters. The van der Waals surface area contributed by atoms with Gasteiger partial charge in [-0.25, -0.2) is 0 Å². The lowest BCUT2D eigenvalue weighted by atomic mass is 9.78. The zero-order valence-electron chi connectivity index (χ0n) is 16.2. The molecule has 0 spiro atoms. The first-order chi connectivity index (χ1) is 12.7. The van der Waals surface area contributed by atoms with E-state index in [0.29, 0.717) is 30.8 Å². The second-order valence-corrected chi connectivity index (χ2v) is 7.86. The average Bonchev–Trinajstić information content (AvgIpc) is 2.95. The molecule has 0 aromatic carbocycles. The molecule has 26 heavy (non-hydrogen) atoms. The molecule has 0 aromatic rings. The third-order valence-corrected chi connectivity index (χ3v) is 5.99. The van der Waals surface area contributed by atoms with Crippen LogP contribution in [0.1, 0.15) is 70.6 Å². The summed E-state index contributed by atoms with van der Waals surface area (Å²) in [5.74, 6) is 1.23. The lowest BCUT2D eigenvalue weighted by Gasteiger charge is -2.27. The number of unbranched alkanes of at least 4 members (excludes halogenated alkanes) is 4. The molecular weight excluding hydrogens is 328 g/mol. The van der Waals surface area contributed by atoms with Crippen LogP contribution < -0.4 is 0 Å². The summed E-state index contributed by atoms with van der Waals surface area (Å²) in [7, 11) is 1.44. The molecule has 2 N–H and O–H groups in total. The summed E-state index contributed by atoms with van der Waals surface area (Å²) in [6, 6.07) is 0. The molecule has 0 saturated heterocycles. The van der Waals surface area contributed by atoms with Gasteiger partial charge in [0, 0.05) is 18.9 Å². The van der Waals surface area contributed by atoms with E-state index >= 15 is 0 Å². The fourth-order valence-electron chi connectivity index (χ4n) is 4.54. The summed E-state index contributed by atoms with van der Waals surface area (Å²) in [4.78, 5) is 11.2. The van der Waals surface area contributed by atoms with Crippen LogP contribution in [-0.4, -0.2) is 36.0 Å². The van der Waals surface area contributed by atoms with Crippen LogP contribution in [-0.2, 0) is 9.53 Å². The summed E-state index contributed by atoms with van der Waals surface area (Å²) in [5.41, 5.74) is 1.45. The Hall–Kier alpha value is -1.13. The first kappa shape index (κ1) is 21.2. The number of rotatable bonds is 11. The lowest BCUT2D eigenvalue weighted by Crippen LogP contribution is -2.20. The van der Waals surface area contributed by atoms with Crippen LogP contribution in [0.15, 0.2) is 23.8 Å². The first-order valence-electron chi connectivity index (χ1n) is 10.4. The van der Waals surface area contributed by atoms with Crippen molar-refractivity contribution in [2.45, 2.75) is 76.7 Å². The maximum Gasteiger partial charge on any atom is 0.305 e. The normalized spacial score (nSPS) is 28.2. The highest BCUT2D eigenvalue weighted by Crippen LogP contribution is 2.46. The lowest BCUT2D eigenvalue weighted by molar-refractivity contribution is -0.140. The number of allylic oxidation sites excluding steroid dienone is 3. The number of ether oxygens (including phenoxy) is 1. The number of aliphatic hydroxyl groups excluding tert-OH is 2. The van der Waals surface area contributed by atoms with Crippen molar-refractivity contribution in [1.82, 2.24) is 0 Å².